The second kappa shape index (κ2) is 10.1. The normalized spacial score (nSPS) is 19.6. The van der Waals surface area contributed by atoms with E-state index in [0.29, 0.717) is 43.0 Å². The molecule has 0 bridgehead atoms. The molecule has 1 fully saturated rings. The summed E-state index contributed by atoms with van der Waals surface area (Å²) in [6.45, 7) is 1.83. The number of aromatic nitrogens is 4. The number of aromatic carboxylic acids is 1. The molecular formula is C28H26F3N5O3. The van der Waals surface area contributed by atoms with Crippen LogP contribution in [0.4, 0.5) is 24.8 Å². The van der Waals surface area contributed by atoms with Gasteiger partial charge in [-0.3, -0.25) is 4.57 Å². The van der Waals surface area contributed by atoms with E-state index >= 15 is 0 Å². The Hall–Kier alpha value is -4.25. The van der Waals surface area contributed by atoms with E-state index in [0.717, 1.165) is 29.5 Å². The van der Waals surface area contributed by atoms with Crippen LogP contribution in [0.3, 0.4) is 0 Å². The van der Waals surface area contributed by atoms with Crippen LogP contribution < -0.4 is 5.32 Å². The molecule has 5 rings (SSSR count). The Kier molecular flexibility index (Phi) is 6.85. The molecular weight excluding hydrogens is 511 g/mol. The molecule has 39 heavy (non-hydrogen) atoms. The summed E-state index contributed by atoms with van der Waals surface area (Å²) < 4.78 is 40.9. The second-order valence-corrected chi connectivity index (χ2v) is 9.80. The molecule has 202 valence electrons. The predicted molar refractivity (Wildman–Crippen MR) is 137 cm³/mol. The largest absolute Gasteiger partial charge is 0.478 e. The van der Waals surface area contributed by atoms with Crippen LogP contribution in [0, 0.1) is 6.92 Å². The molecule has 0 unspecified atom stereocenters. The summed E-state index contributed by atoms with van der Waals surface area (Å²) in [7, 11) is 0. The smallest absolute Gasteiger partial charge is 0.416 e. The van der Waals surface area contributed by atoms with E-state index in [1.165, 1.54) is 6.33 Å². The number of imidazole rings is 1. The van der Waals surface area contributed by atoms with E-state index in [1.54, 1.807) is 35.0 Å². The lowest BCUT2D eigenvalue weighted by Gasteiger charge is -2.35. The number of benzene rings is 1. The van der Waals surface area contributed by atoms with Gasteiger partial charge in [0, 0.05) is 12.4 Å². The third kappa shape index (κ3) is 5.63. The number of alkyl halides is 3. The van der Waals surface area contributed by atoms with Crippen LogP contribution in [0.15, 0.2) is 67.3 Å². The summed E-state index contributed by atoms with van der Waals surface area (Å²) in [4.78, 5) is 24.5. The van der Waals surface area contributed by atoms with Gasteiger partial charge >= 0.3 is 12.1 Å². The van der Waals surface area contributed by atoms with E-state index < -0.39 is 23.3 Å². The molecule has 1 aliphatic rings. The first-order chi connectivity index (χ1) is 18.5. The van der Waals surface area contributed by atoms with E-state index in [2.05, 4.69) is 20.3 Å². The van der Waals surface area contributed by atoms with E-state index in [4.69, 9.17) is 0 Å². The molecule has 3 heterocycles. The van der Waals surface area contributed by atoms with Gasteiger partial charge in [0.25, 0.3) is 0 Å². The van der Waals surface area contributed by atoms with Gasteiger partial charge in [-0.2, -0.15) is 13.2 Å². The number of carboxylic acids is 1. The summed E-state index contributed by atoms with van der Waals surface area (Å²) in [5, 5.41) is 23.8. The molecule has 0 atom stereocenters. The Morgan fingerprint density at radius 3 is 2.54 bits per heavy atom. The number of pyridine rings is 2. The minimum Gasteiger partial charge on any atom is -0.478 e. The number of hydrogen-bond donors (Lipinski definition) is 3. The van der Waals surface area contributed by atoms with Crippen LogP contribution in [0.25, 0.3) is 5.82 Å². The molecule has 1 aromatic carbocycles. The van der Waals surface area contributed by atoms with Crippen molar-refractivity contribution in [3.63, 3.8) is 0 Å². The first-order valence-electron chi connectivity index (χ1n) is 12.4. The average Bonchev–Trinajstić information content (AvgIpc) is 3.40. The summed E-state index contributed by atoms with van der Waals surface area (Å²) in [5.74, 6) is -0.153. The molecule has 8 nitrogen and oxygen atoms in total. The third-order valence-corrected chi connectivity index (χ3v) is 7.07. The minimum absolute atomic E-state index is 0.00994. The van der Waals surface area contributed by atoms with Crippen molar-refractivity contribution in [3.05, 3.63) is 95.2 Å². The standard InChI is InChI=1S/C28H26F3N5O3/c1-17-12-24(34-23-14-19(8-11-32-23)28(29,30)31)35-25(13-17)36-15-22(33-16-36)27(39)9-6-18(7-10-27)20-4-2-3-5-21(20)26(37)38/h2-5,8,11-16,18,39H,6-7,9-10H2,1H3,(H,37,38)(H,32,34,35). The Morgan fingerprint density at radius 1 is 1.08 bits per heavy atom. The third-order valence-electron chi connectivity index (χ3n) is 7.07. The van der Waals surface area contributed by atoms with Gasteiger partial charge in [-0.05, 0) is 80.0 Å². The minimum atomic E-state index is -4.49. The lowest BCUT2D eigenvalue weighted by Crippen LogP contribution is -2.31. The summed E-state index contributed by atoms with van der Waals surface area (Å²) in [6.07, 6.45) is 1.86. The number of halogens is 3. The summed E-state index contributed by atoms with van der Waals surface area (Å²) in [6, 6.07) is 12.3. The van der Waals surface area contributed by atoms with Crippen LogP contribution in [-0.2, 0) is 11.8 Å². The zero-order valence-corrected chi connectivity index (χ0v) is 21.0. The molecule has 0 amide bonds. The van der Waals surface area contributed by atoms with Gasteiger partial charge in [-0.15, -0.1) is 0 Å². The number of nitrogens with zero attached hydrogens (tertiary/aromatic N) is 4. The van der Waals surface area contributed by atoms with Crippen molar-refractivity contribution in [2.45, 2.75) is 50.3 Å². The van der Waals surface area contributed by atoms with Gasteiger partial charge < -0.3 is 15.5 Å². The summed E-state index contributed by atoms with van der Waals surface area (Å²) in [5.41, 5.74) is 0.351. The van der Waals surface area contributed by atoms with Gasteiger partial charge in [0.05, 0.1) is 16.8 Å². The topological polar surface area (TPSA) is 113 Å². The Labute approximate surface area is 222 Å². The fourth-order valence-electron chi connectivity index (χ4n) is 5.05. The van der Waals surface area contributed by atoms with Gasteiger partial charge in [-0.1, -0.05) is 18.2 Å². The van der Waals surface area contributed by atoms with Crippen LogP contribution in [0.5, 0.6) is 0 Å². The molecule has 1 saturated carbocycles. The SMILES string of the molecule is Cc1cc(Nc2cc(C(F)(F)F)ccn2)nc(-n2cnc(C3(O)CCC(c4ccccc4C(=O)O)CC3)c2)c1. The number of anilines is 2. The van der Waals surface area contributed by atoms with Crippen LogP contribution in [0.1, 0.15) is 64.3 Å². The highest BCUT2D eigenvalue weighted by molar-refractivity contribution is 5.89. The Balaban J connectivity index is 1.33. The number of aryl methyl sites for hydroxylation is 1. The van der Waals surface area contributed by atoms with Crippen LogP contribution >= 0.6 is 0 Å². The number of hydrogen-bond acceptors (Lipinski definition) is 6. The van der Waals surface area contributed by atoms with E-state index in [1.807, 2.05) is 19.1 Å². The zero-order chi connectivity index (χ0) is 27.8. The van der Waals surface area contributed by atoms with Gasteiger partial charge in [-0.25, -0.2) is 19.7 Å². The number of rotatable bonds is 6. The second-order valence-electron chi connectivity index (χ2n) is 9.80. The van der Waals surface area contributed by atoms with E-state index in [9.17, 15) is 28.2 Å². The molecule has 0 saturated heterocycles. The lowest BCUT2D eigenvalue weighted by atomic mass is 9.74. The van der Waals surface area contributed by atoms with Crippen LogP contribution in [-0.4, -0.2) is 35.7 Å². The number of carboxylic acid groups (broad SMARTS) is 1. The van der Waals surface area contributed by atoms with E-state index in [-0.39, 0.29) is 17.3 Å². The number of nitrogens with one attached hydrogen (secondary N) is 1. The molecule has 11 heteroatoms. The Bertz CT molecular complexity index is 1510. The average molecular weight is 538 g/mol. The highest BCUT2D eigenvalue weighted by atomic mass is 19.4. The van der Waals surface area contributed by atoms with Gasteiger partial charge in [0.1, 0.15) is 29.4 Å². The van der Waals surface area contributed by atoms with Crippen molar-refractivity contribution in [1.29, 1.82) is 0 Å². The molecule has 4 aromatic rings. The lowest BCUT2D eigenvalue weighted by molar-refractivity contribution is -0.137. The molecule has 3 aromatic heterocycles. The monoisotopic (exact) mass is 537 g/mol. The molecule has 3 N–H and O–H groups in total. The van der Waals surface area contributed by atoms with Crippen molar-refractivity contribution in [2.24, 2.45) is 0 Å². The molecule has 1 aliphatic carbocycles. The maximum Gasteiger partial charge on any atom is 0.416 e. The zero-order valence-electron chi connectivity index (χ0n) is 21.0. The maximum absolute atomic E-state index is 13.1. The fraction of sp³-hybridized carbons (Fsp3) is 0.286. The molecule has 0 radical (unpaired) electrons. The van der Waals surface area contributed by atoms with Crippen molar-refractivity contribution < 1.29 is 28.2 Å². The quantitative estimate of drug-likeness (QED) is 0.277. The predicted octanol–water partition coefficient (Wildman–Crippen LogP) is 5.98. The summed E-state index contributed by atoms with van der Waals surface area (Å²) >= 11 is 0. The first kappa shape index (κ1) is 26.4. The fourth-order valence-corrected chi connectivity index (χ4v) is 5.05. The number of aliphatic hydroxyl groups is 1. The highest BCUT2D eigenvalue weighted by Gasteiger charge is 2.38. The number of carbonyl (C=O) groups is 1. The van der Waals surface area contributed by atoms with Crippen molar-refractivity contribution in [2.75, 3.05) is 5.32 Å². The van der Waals surface area contributed by atoms with Crippen LogP contribution in [0.2, 0.25) is 0 Å². The first-order valence-corrected chi connectivity index (χ1v) is 12.4. The molecule has 0 spiro atoms. The Morgan fingerprint density at radius 2 is 1.82 bits per heavy atom. The highest BCUT2D eigenvalue weighted by Crippen LogP contribution is 2.43. The van der Waals surface area contributed by atoms with Crippen molar-refractivity contribution >= 4 is 17.6 Å². The molecule has 0 aliphatic heterocycles. The maximum atomic E-state index is 13.1. The van der Waals surface area contributed by atoms with Gasteiger partial charge in [0.15, 0.2) is 0 Å². The van der Waals surface area contributed by atoms with Gasteiger partial charge in [0.2, 0.25) is 0 Å². The van der Waals surface area contributed by atoms with Crippen molar-refractivity contribution in [1.82, 2.24) is 19.5 Å². The van der Waals surface area contributed by atoms with Crippen molar-refractivity contribution in [3.8, 4) is 5.82 Å².